The Kier molecular flexibility index (Phi) is 2.84. The molecule has 0 fully saturated rings. The van der Waals surface area contributed by atoms with Gasteiger partial charge in [-0.1, -0.05) is 24.3 Å². The lowest BCUT2D eigenvalue weighted by Gasteiger charge is -2.12. The van der Waals surface area contributed by atoms with Gasteiger partial charge in [0.15, 0.2) is 0 Å². The second kappa shape index (κ2) is 4.17. The van der Waals surface area contributed by atoms with Crippen molar-refractivity contribution < 1.29 is 14.3 Å². The van der Waals surface area contributed by atoms with Gasteiger partial charge in [-0.05, 0) is 19.4 Å². The molecule has 88 valence electrons. The second-order valence-corrected chi connectivity index (χ2v) is 4.43. The molecule has 0 spiro atoms. The van der Waals surface area contributed by atoms with E-state index in [4.69, 9.17) is 4.74 Å². The molecule has 17 heavy (non-hydrogen) atoms. The molecule has 2 rings (SSSR count). The third kappa shape index (κ3) is 1.88. The van der Waals surface area contributed by atoms with E-state index in [1.54, 1.807) is 12.1 Å². The van der Waals surface area contributed by atoms with Gasteiger partial charge in [0, 0.05) is 17.5 Å². The fourth-order valence-electron chi connectivity index (χ4n) is 2.17. The molecule has 0 amide bonds. The average Bonchev–Trinajstić information content (AvgIpc) is 2.57. The maximum absolute atomic E-state index is 11.8. The van der Waals surface area contributed by atoms with Crippen molar-refractivity contribution in [2.24, 2.45) is 0 Å². The van der Waals surface area contributed by atoms with Gasteiger partial charge in [0.05, 0.1) is 5.56 Å². The lowest BCUT2D eigenvalue weighted by atomic mass is 9.93. The number of carbonyl (C=O) groups is 2. The summed E-state index contributed by atoms with van der Waals surface area (Å²) in [6.07, 6.45) is 0.962. The number of benzene rings is 1. The van der Waals surface area contributed by atoms with Gasteiger partial charge in [-0.15, -0.1) is 0 Å². The topological polar surface area (TPSA) is 43.4 Å². The van der Waals surface area contributed by atoms with Crippen LogP contribution in [0.25, 0.3) is 0 Å². The molecule has 1 aliphatic heterocycles. The van der Waals surface area contributed by atoms with Crippen molar-refractivity contribution in [3.05, 3.63) is 46.5 Å². The minimum absolute atomic E-state index is 0.340. The minimum atomic E-state index is -0.366. The van der Waals surface area contributed by atoms with Crippen LogP contribution < -0.4 is 0 Å². The third-order valence-electron chi connectivity index (χ3n) is 2.92. The highest BCUT2D eigenvalue weighted by Gasteiger charge is 2.34. The van der Waals surface area contributed by atoms with Crippen LogP contribution in [-0.4, -0.2) is 12.3 Å². The standard InChI is InChI=1S/C14H14O3/c1-8(2)6-11-13-10(7-15)5-4-9(3)12(13)14(16)17-11/h4-5,7,11H,1,6H2,2-3H3/t11-/m0/s1. The van der Waals surface area contributed by atoms with E-state index in [1.807, 2.05) is 13.8 Å². The number of esters is 1. The Bertz CT molecular complexity index is 514. The zero-order chi connectivity index (χ0) is 12.6. The first kappa shape index (κ1) is 11.6. The highest BCUT2D eigenvalue weighted by atomic mass is 16.5. The Labute approximate surface area is 100 Å². The summed E-state index contributed by atoms with van der Waals surface area (Å²) in [5.74, 6) is -0.340. The number of ether oxygens (including phenoxy) is 1. The maximum atomic E-state index is 11.8. The van der Waals surface area contributed by atoms with Crippen molar-refractivity contribution in [2.45, 2.75) is 26.4 Å². The van der Waals surface area contributed by atoms with Gasteiger partial charge in [-0.25, -0.2) is 4.79 Å². The number of fused-ring (bicyclic) bond motifs is 1. The molecule has 1 aliphatic rings. The molecule has 0 saturated heterocycles. The Morgan fingerprint density at radius 3 is 2.82 bits per heavy atom. The molecule has 0 saturated carbocycles. The first-order valence-electron chi connectivity index (χ1n) is 5.48. The molecule has 1 aromatic carbocycles. The molecule has 0 aliphatic carbocycles. The molecule has 0 aromatic heterocycles. The van der Waals surface area contributed by atoms with Crippen molar-refractivity contribution in [3.63, 3.8) is 0 Å². The van der Waals surface area contributed by atoms with Gasteiger partial charge in [0.2, 0.25) is 0 Å². The number of rotatable bonds is 3. The number of hydrogen-bond acceptors (Lipinski definition) is 3. The third-order valence-corrected chi connectivity index (χ3v) is 2.92. The van der Waals surface area contributed by atoms with Crippen LogP contribution in [0.4, 0.5) is 0 Å². The summed E-state index contributed by atoms with van der Waals surface area (Å²) in [7, 11) is 0. The highest BCUT2D eigenvalue weighted by Crippen LogP contribution is 2.38. The van der Waals surface area contributed by atoms with Crippen LogP contribution in [0.15, 0.2) is 24.3 Å². The quantitative estimate of drug-likeness (QED) is 0.455. The van der Waals surface area contributed by atoms with Crippen LogP contribution in [-0.2, 0) is 4.74 Å². The number of aldehydes is 1. The van der Waals surface area contributed by atoms with E-state index >= 15 is 0 Å². The van der Waals surface area contributed by atoms with E-state index in [1.165, 1.54) is 0 Å². The molecule has 1 aromatic rings. The lowest BCUT2D eigenvalue weighted by Crippen LogP contribution is -2.01. The number of carbonyl (C=O) groups excluding carboxylic acids is 2. The fraction of sp³-hybridized carbons (Fsp3) is 0.286. The van der Waals surface area contributed by atoms with Crippen molar-refractivity contribution in [2.75, 3.05) is 0 Å². The number of hydrogen-bond donors (Lipinski definition) is 0. The predicted molar refractivity (Wildman–Crippen MR) is 64.2 cm³/mol. The maximum Gasteiger partial charge on any atom is 0.339 e. The number of cyclic esters (lactones) is 1. The van der Waals surface area contributed by atoms with E-state index in [0.717, 1.165) is 17.4 Å². The number of aryl methyl sites for hydroxylation is 1. The van der Waals surface area contributed by atoms with Crippen LogP contribution in [0.2, 0.25) is 0 Å². The summed E-state index contributed by atoms with van der Waals surface area (Å²) in [5, 5.41) is 0. The van der Waals surface area contributed by atoms with Crippen molar-refractivity contribution in [1.82, 2.24) is 0 Å². The Morgan fingerprint density at radius 1 is 1.53 bits per heavy atom. The monoisotopic (exact) mass is 230 g/mol. The summed E-state index contributed by atoms with van der Waals surface area (Å²) in [5.41, 5.74) is 3.56. The van der Waals surface area contributed by atoms with Crippen LogP contribution in [0.3, 0.4) is 0 Å². The normalized spacial score (nSPS) is 17.5. The average molecular weight is 230 g/mol. The van der Waals surface area contributed by atoms with Gasteiger partial charge in [-0.2, -0.15) is 0 Å². The van der Waals surface area contributed by atoms with Crippen molar-refractivity contribution >= 4 is 12.3 Å². The fourth-order valence-corrected chi connectivity index (χ4v) is 2.17. The van der Waals surface area contributed by atoms with Crippen LogP contribution in [0.1, 0.15) is 51.3 Å². The van der Waals surface area contributed by atoms with Gasteiger partial charge in [-0.3, -0.25) is 4.79 Å². The highest BCUT2D eigenvalue weighted by molar-refractivity contribution is 5.98. The van der Waals surface area contributed by atoms with E-state index in [-0.39, 0.29) is 12.1 Å². The van der Waals surface area contributed by atoms with E-state index in [2.05, 4.69) is 6.58 Å². The summed E-state index contributed by atoms with van der Waals surface area (Å²) >= 11 is 0. The Morgan fingerprint density at radius 2 is 2.24 bits per heavy atom. The van der Waals surface area contributed by atoms with Crippen LogP contribution in [0.5, 0.6) is 0 Å². The van der Waals surface area contributed by atoms with Gasteiger partial charge >= 0.3 is 5.97 Å². The van der Waals surface area contributed by atoms with Gasteiger partial charge < -0.3 is 4.74 Å². The van der Waals surface area contributed by atoms with Crippen molar-refractivity contribution in [3.8, 4) is 0 Å². The SMILES string of the molecule is C=C(C)C[C@@H]1OC(=O)c2c(C)ccc(C=O)c21. The van der Waals surface area contributed by atoms with Crippen LogP contribution in [0, 0.1) is 6.92 Å². The molecule has 3 nitrogen and oxygen atoms in total. The van der Waals surface area contributed by atoms with Crippen molar-refractivity contribution in [1.29, 1.82) is 0 Å². The summed E-state index contributed by atoms with van der Waals surface area (Å²) in [4.78, 5) is 22.8. The molecular weight excluding hydrogens is 216 g/mol. The Balaban J connectivity index is 2.58. The molecule has 3 heteroatoms. The molecule has 1 atom stereocenters. The van der Waals surface area contributed by atoms with Gasteiger partial charge in [0.25, 0.3) is 0 Å². The molecule has 0 bridgehead atoms. The molecule has 0 unspecified atom stereocenters. The zero-order valence-corrected chi connectivity index (χ0v) is 9.95. The summed E-state index contributed by atoms with van der Waals surface area (Å²) in [6, 6.07) is 3.50. The minimum Gasteiger partial charge on any atom is -0.453 e. The smallest absolute Gasteiger partial charge is 0.339 e. The van der Waals surface area contributed by atoms with E-state index in [9.17, 15) is 9.59 Å². The summed E-state index contributed by atoms with van der Waals surface area (Å²) < 4.78 is 5.31. The zero-order valence-electron chi connectivity index (χ0n) is 9.95. The van der Waals surface area contributed by atoms with E-state index < -0.39 is 0 Å². The first-order chi connectivity index (χ1) is 8.04. The second-order valence-electron chi connectivity index (χ2n) is 4.43. The van der Waals surface area contributed by atoms with E-state index in [0.29, 0.717) is 23.1 Å². The predicted octanol–water partition coefficient (Wildman–Crippen LogP) is 2.99. The lowest BCUT2D eigenvalue weighted by molar-refractivity contribution is 0.0386. The molecule has 0 radical (unpaired) electrons. The largest absolute Gasteiger partial charge is 0.453 e. The Hall–Kier alpha value is -1.90. The molecule has 0 N–H and O–H groups in total. The van der Waals surface area contributed by atoms with Crippen LogP contribution >= 0.6 is 0 Å². The molecule has 1 heterocycles. The van der Waals surface area contributed by atoms with Gasteiger partial charge in [0.1, 0.15) is 12.4 Å². The first-order valence-corrected chi connectivity index (χ1v) is 5.48. The molecular formula is C14H14O3. The summed E-state index contributed by atoms with van der Waals surface area (Å²) in [6.45, 7) is 7.54.